The van der Waals surface area contributed by atoms with Crippen molar-refractivity contribution in [3.05, 3.63) is 57.3 Å². The van der Waals surface area contributed by atoms with Gasteiger partial charge in [-0.2, -0.15) is 0 Å². The molecule has 0 saturated heterocycles. The molecule has 0 atom stereocenters. The summed E-state index contributed by atoms with van der Waals surface area (Å²) in [6, 6.07) is 12.3. The molecule has 1 aromatic heterocycles. The maximum Gasteiger partial charge on any atom is 0.182 e. The average Bonchev–Trinajstić information content (AvgIpc) is 2.78. The lowest BCUT2D eigenvalue weighted by Gasteiger charge is -2.04. The van der Waals surface area contributed by atoms with Crippen LogP contribution in [-0.4, -0.2) is 11.5 Å². The normalized spacial score (nSPS) is 10.6. The Hall–Kier alpha value is -1.06. The van der Waals surface area contributed by atoms with E-state index in [0.717, 1.165) is 10.6 Å². The molecule has 0 N–H and O–H groups in total. The summed E-state index contributed by atoms with van der Waals surface area (Å²) >= 11 is 3.27. The molecule has 1 heterocycles. The monoisotopic (exact) mass is 276 g/mol. The summed E-state index contributed by atoms with van der Waals surface area (Å²) in [6.45, 7) is 4.14. The van der Waals surface area contributed by atoms with Gasteiger partial charge in [-0.05, 0) is 37.1 Å². The van der Waals surface area contributed by atoms with E-state index in [1.807, 2.05) is 31.2 Å². The van der Waals surface area contributed by atoms with Crippen LogP contribution in [0.2, 0.25) is 0 Å². The molecule has 0 bridgehead atoms. The summed E-state index contributed by atoms with van der Waals surface area (Å²) in [7, 11) is 0. The summed E-state index contributed by atoms with van der Waals surface area (Å²) in [5, 5.41) is 0. The van der Waals surface area contributed by atoms with Gasteiger partial charge in [-0.1, -0.05) is 24.3 Å². The molecule has 0 aliphatic carbocycles. The van der Waals surface area contributed by atoms with Crippen molar-refractivity contribution in [2.24, 2.45) is 0 Å². The van der Waals surface area contributed by atoms with Crippen LogP contribution in [-0.2, 0) is 5.75 Å². The molecule has 94 valence electrons. The SMILES string of the molecule is Cc1ccc(C(=O)CSCc2ccccc2C)s1. The van der Waals surface area contributed by atoms with Gasteiger partial charge in [0.25, 0.3) is 0 Å². The van der Waals surface area contributed by atoms with E-state index in [1.165, 1.54) is 16.0 Å². The summed E-state index contributed by atoms with van der Waals surface area (Å²) in [4.78, 5) is 14.0. The van der Waals surface area contributed by atoms with E-state index in [1.54, 1.807) is 23.1 Å². The van der Waals surface area contributed by atoms with E-state index < -0.39 is 0 Å². The predicted octanol–water partition coefficient (Wildman–Crippen LogP) is 4.48. The first-order chi connectivity index (χ1) is 8.66. The summed E-state index contributed by atoms with van der Waals surface area (Å²) in [5.41, 5.74) is 2.61. The van der Waals surface area contributed by atoms with Crippen LogP contribution in [0.1, 0.15) is 25.7 Å². The number of hydrogen-bond donors (Lipinski definition) is 0. The van der Waals surface area contributed by atoms with Gasteiger partial charge in [-0.3, -0.25) is 4.79 Å². The van der Waals surface area contributed by atoms with Gasteiger partial charge >= 0.3 is 0 Å². The molecule has 1 nitrogen and oxygen atoms in total. The molecule has 0 radical (unpaired) electrons. The van der Waals surface area contributed by atoms with Crippen molar-refractivity contribution in [1.82, 2.24) is 0 Å². The highest BCUT2D eigenvalue weighted by molar-refractivity contribution is 7.99. The van der Waals surface area contributed by atoms with Crippen molar-refractivity contribution in [1.29, 1.82) is 0 Å². The Balaban J connectivity index is 1.86. The first-order valence-electron chi connectivity index (χ1n) is 5.88. The summed E-state index contributed by atoms with van der Waals surface area (Å²) in [6.07, 6.45) is 0. The number of carbonyl (C=O) groups excluding carboxylic acids is 1. The van der Waals surface area contributed by atoms with Gasteiger partial charge in [0.05, 0.1) is 10.6 Å². The van der Waals surface area contributed by atoms with Crippen LogP contribution in [0.25, 0.3) is 0 Å². The largest absolute Gasteiger partial charge is 0.292 e. The van der Waals surface area contributed by atoms with E-state index in [4.69, 9.17) is 0 Å². The molecule has 0 fully saturated rings. The quantitative estimate of drug-likeness (QED) is 0.749. The van der Waals surface area contributed by atoms with Crippen LogP contribution in [0.15, 0.2) is 36.4 Å². The van der Waals surface area contributed by atoms with Crippen LogP contribution < -0.4 is 0 Å². The third kappa shape index (κ3) is 3.47. The Morgan fingerprint density at radius 2 is 1.94 bits per heavy atom. The number of thioether (sulfide) groups is 1. The molecule has 1 aromatic carbocycles. The molecule has 2 aromatic rings. The molecule has 0 spiro atoms. The molecule has 0 saturated carbocycles. The predicted molar refractivity (Wildman–Crippen MR) is 80.7 cm³/mol. The van der Waals surface area contributed by atoms with Crippen LogP contribution in [0, 0.1) is 13.8 Å². The molecular weight excluding hydrogens is 260 g/mol. The van der Waals surface area contributed by atoms with E-state index >= 15 is 0 Å². The van der Waals surface area contributed by atoms with Crippen molar-refractivity contribution in [2.45, 2.75) is 19.6 Å². The molecule has 0 unspecified atom stereocenters. The highest BCUT2D eigenvalue weighted by atomic mass is 32.2. The maximum absolute atomic E-state index is 11.9. The summed E-state index contributed by atoms with van der Waals surface area (Å²) in [5.74, 6) is 1.71. The van der Waals surface area contributed by atoms with E-state index in [9.17, 15) is 4.79 Å². The molecular formula is C15H16OS2. The topological polar surface area (TPSA) is 17.1 Å². The lowest BCUT2D eigenvalue weighted by Crippen LogP contribution is -2.00. The van der Waals surface area contributed by atoms with Gasteiger partial charge in [0.1, 0.15) is 0 Å². The van der Waals surface area contributed by atoms with Crippen LogP contribution in [0.3, 0.4) is 0 Å². The zero-order chi connectivity index (χ0) is 13.0. The van der Waals surface area contributed by atoms with Crippen LogP contribution >= 0.6 is 23.1 Å². The second-order valence-electron chi connectivity index (χ2n) is 4.25. The smallest absolute Gasteiger partial charge is 0.182 e. The maximum atomic E-state index is 11.9. The molecule has 0 aliphatic rings. The number of ketones is 1. The number of aryl methyl sites for hydroxylation is 2. The van der Waals surface area contributed by atoms with E-state index in [-0.39, 0.29) is 5.78 Å². The van der Waals surface area contributed by atoms with Crippen molar-refractivity contribution in [2.75, 3.05) is 5.75 Å². The number of benzene rings is 1. The van der Waals surface area contributed by atoms with Crippen LogP contribution in [0.4, 0.5) is 0 Å². The molecule has 3 heteroatoms. The third-order valence-corrected chi connectivity index (χ3v) is 4.79. The second-order valence-corrected chi connectivity index (χ2v) is 6.53. The Kier molecular flexibility index (Phi) is 4.61. The molecule has 0 aliphatic heterocycles. The van der Waals surface area contributed by atoms with Gasteiger partial charge in [0.2, 0.25) is 0 Å². The van der Waals surface area contributed by atoms with Gasteiger partial charge in [-0.25, -0.2) is 0 Å². The number of hydrogen-bond acceptors (Lipinski definition) is 3. The second kappa shape index (κ2) is 6.21. The standard InChI is InChI=1S/C15H16OS2/c1-11-5-3-4-6-13(11)9-17-10-14(16)15-8-7-12(2)18-15/h3-8H,9-10H2,1-2H3. The number of Topliss-reactive ketones (excluding diaryl/α,β-unsaturated/α-hetero) is 1. The van der Waals surface area contributed by atoms with Crippen LogP contribution in [0.5, 0.6) is 0 Å². The first-order valence-corrected chi connectivity index (χ1v) is 7.86. The van der Waals surface area contributed by atoms with Gasteiger partial charge < -0.3 is 0 Å². The minimum Gasteiger partial charge on any atom is -0.292 e. The number of carbonyl (C=O) groups is 1. The fourth-order valence-electron chi connectivity index (χ4n) is 1.68. The average molecular weight is 276 g/mol. The molecule has 18 heavy (non-hydrogen) atoms. The van der Waals surface area contributed by atoms with E-state index in [2.05, 4.69) is 19.1 Å². The van der Waals surface area contributed by atoms with Crippen molar-refractivity contribution in [3.8, 4) is 0 Å². The Morgan fingerprint density at radius 1 is 1.17 bits per heavy atom. The van der Waals surface area contributed by atoms with Gasteiger partial charge in [0.15, 0.2) is 5.78 Å². The molecule has 0 amide bonds. The highest BCUT2D eigenvalue weighted by Crippen LogP contribution is 2.20. The van der Waals surface area contributed by atoms with Crippen molar-refractivity contribution in [3.63, 3.8) is 0 Å². The Bertz CT molecular complexity index is 543. The van der Waals surface area contributed by atoms with Crippen molar-refractivity contribution >= 4 is 28.9 Å². The number of rotatable bonds is 5. The van der Waals surface area contributed by atoms with E-state index in [0.29, 0.717) is 5.75 Å². The first kappa shape index (κ1) is 13.4. The fourth-order valence-corrected chi connectivity index (χ4v) is 3.56. The fraction of sp³-hybridized carbons (Fsp3) is 0.267. The van der Waals surface area contributed by atoms with Crippen molar-refractivity contribution < 1.29 is 4.79 Å². The Morgan fingerprint density at radius 3 is 2.61 bits per heavy atom. The van der Waals surface area contributed by atoms with Gasteiger partial charge in [0, 0.05) is 10.6 Å². The minimum atomic E-state index is 0.242. The Labute approximate surface area is 116 Å². The highest BCUT2D eigenvalue weighted by Gasteiger charge is 2.08. The zero-order valence-electron chi connectivity index (χ0n) is 10.6. The number of thiophene rings is 1. The third-order valence-electron chi connectivity index (χ3n) is 2.77. The lowest BCUT2D eigenvalue weighted by molar-refractivity contribution is 0.102. The lowest BCUT2D eigenvalue weighted by atomic mass is 10.1. The zero-order valence-corrected chi connectivity index (χ0v) is 12.2. The molecule has 2 rings (SSSR count). The minimum absolute atomic E-state index is 0.242. The summed E-state index contributed by atoms with van der Waals surface area (Å²) < 4.78 is 0. The van der Waals surface area contributed by atoms with Gasteiger partial charge in [-0.15, -0.1) is 23.1 Å².